The Morgan fingerprint density at radius 2 is 1.75 bits per heavy atom. The third-order valence-corrected chi connectivity index (χ3v) is 5.05. The maximum absolute atomic E-state index is 13.2. The van der Waals surface area contributed by atoms with Crippen LogP contribution in [0.5, 0.6) is 28.7 Å². The summed E-state index contributed by atoms with van der Waals surface area (Å²) in [6, 6.07) is 6.10. The van der Waals surface area contributed by atoms with Gasteiger partial charge in [-0.3, -0.25) is 4.79 Å². The van der Waals surface area contributed by atoms with Crippen molar-refractivity contribution in [3.63, 3.8) is 0 Å². The lowest BCUT2D eigenvalue weighted by atomic mass is 10.1. The molecule has 11 heteroatoms. The smallest absolute Gasteiger partial charge is 0.239 e. The largest absolute Gasteiger partial charge is 0.508 e. The minimum Gasteiger partial charge on any atom is -0.508 e. The fourth-order valence-corrected chi connectivity index (χ4v) is 3.38. The number of aliphatic hydroxyl groups excluding tert-OH is 3. The Balaban J connectivity index is 1.92. The molecule has 0 amide bonds. The summed E-state index contributed by atoms with van der Waals surface area (Å²) in [4.78, 5) is 13.2. The zero-order valence-electron chi connectivity index (χ0n) is 16.6. The number of methoxy groups -OCH3 is 1. The molecule has 0 saturated carbocycles. The van der Waals surface area contributed by atoms with Crippen molar-refractivity contribution >= 4 is 11.0 Å². The fraction of sp³-hybridized carbons (Fsp3) is 0.286. The molecular weight excluding hydrogens is 428 g/mol. The first-order chi connectivity index (χ1) is 15.2. The predicted octanol–water partition coefficient (Wildman–Crippen LogP) is 0.403. The molecule has 0 aliphatic carbocycles. The van der Waals surface area contributed by atoms with Crippen molar-refractivity contribution in [1.82, 2.24) is 0 Å². The van der Waals surface area contributed by atoms with Gasteiger partial charge in [-0.25, -0.2) is 0 Å². The Kier molecular flexibility index (Phi) is 5.57. The van der Waals surface area contributed by atoms with E-state index in [2.05, 4.69) is 0 Å². The minimum atomic E-state index is -1.70. The standard InChI is InChI=1S/C21H20O11/c1-29-13-4-8(2-3-10(13)23)19-20(32-21-18(28)16(26)12(25)7-30-21)17(27)15-11(24)5-9(22)6-14(15)31-19/h2-6,12,16,18,21-26,28H,7H2,1H3/t12-,16-,18+,21-/m0/s1. The number of aromatic hydroxyl groups is 3. The topological polar surface area (TPSA) is 179 Å². The van der Waals surface area contributed by atoms with Gasteiger partial charge in [-0.1, -0.05) is 0 Å². The van der Waals surface area contributed by atoms with E-state index in [0.717, 1.165) is 12.1 Å². The van der Waals surface area contributed by atoms with E-state index in [1.807, 2.05) is 0 Å². The monoisotopic (exact) mass is 448 g/mol. The highest BCUT2D eigenvalue weighted by Gasteiger charge is 2.40. The van der Waals surface area contributed by atoms with Gasteiger partial charge in [0.05, 0.1) is 13.7 Å². The van der Waals surface area contributed by atoms with E-state index in [-0.39, 0.29) is 46.1 Å². The molecule has 1 aliphatic heterocycles. The molecule has 1 aromatic heterocycles. The van der Waals surface area contributed by atoms with Gasteiger partial charge in [0.15, 0.2) is 17.3 Å². The number of hydrogen-bond acceptors (Lipinski definition) is 11. The highest BCUT2D eigenvalue weighted by Crippen LogP contribution is 2.39. The first kappa shape index (κ1) is 21.7. The van der Waals surface area contributed by atoms with Crippen LogP contribution in [-0.2, 0) is 4.74 Å². The summed E-state index contributed by atoms with van der Waals surface area (Å²) in [6.45, 7) is -0.372. The maximum atomic E-state index is 13.2. The second-order valence-corrected chi connectivity index (χ2v) is 7.18. The van der Waals surface area contributed by atoms with E-state index in [4.69, 9.17) is 18.6 Å². The molecule has 4 rings (SSSR count). The van der Waals surface area contributed by atoms with Gasteiger partial charge >= 0.3 is 0 Å². The van der Waals surface area contributed by atoms with Crippen LogP contribution in [0.1, 0.15) is 0 Å². The summed E-state index contributed by atoms with van der Waals surface area (Å²) >= 11 is 0. The van der Waals surface area contributed by atoms with E-state index in [0.29, 0.717) is 0 Å². The SMILES string of the molecule is COc1cc(-c2oc3cc(O)cc(O)c3c(=O)c2O[C@@H]2OC[C@H](O)[C@H](O)[C@H]2O)ccc1O. The predicted molar refractivity (Wildman–Crippen MR) is 108 cm³/mol. The normalized spacial score (nSPS) is 23.2. The molecule has 0 spiro atoms. The average Bonchev–Trinajstić information content (AvgIpc) is 2.75. The summed E-state index contributed by atoms with van der Waals surface area (Å²) < 4.78 is 21.6. The zero-order valence-corrected chi connectivity index (χ0v) is 16.6. The van der Waals surface area contributed by atoms with Crippen LogP contribution in [0, 0.1) is 0 Å². The molecule has 2 aromatic carbocycles. The molecular formula is C21H20O11. The summed E-state index contributed by atoms with van der Waals surface area (Å²) in [5, 5.41) is 59.3. The van der Waals surface area contributed by atoms with Crippen molar-refractivity contribution in [2.45, 2.75) is 24.6 Å². The van der Waals surface area contributed by atoms with Crippen molar-refractivity contribution in [2.24, 2.45) is 0 Å². The number of ether oxygens (including phenoxy) is 3. The Bertz CT molecular complexity index is 1220. The molecule has 170 valence electrons. The van der Waals surface area contributed by atoms with Gasteiger partial charge in [-0.05, 0) is 18.2 Å². The number of phenols is 3. The summed E-state index contributed by atoms with van der Waals surface area (Å²) in [5.74, 6) is -1.73. The lowest BCUT2D eigenvalue weighted by Crippen LogP contribution is -2.55. The van der Waals surface area contributed by atoms with Crippen molar-refractivity contribution < 1.29 is 49.3 Å². The highest BCUT2D eigenvalue weighted by molar-refractivity contribution is 5.88. The molecule has 0 bridgehead atoms. The molecule has 11 nitrogen and oxygen atoms in total. The third-order valence-electron chi connectivity index (χ3n) is 5.05. The van der Waals surface area contributed by atoms with Crippen LogP contribution in [0.25, 0.3) is 22.3 Å². The Morgan fingerprint density at radius 3 is 2.47 bits per heavy atom. The van der Waals surface area contributed by atoms with Gasteiger partial charge in [-0.15, -0.1) is 0 Å². The Labute approximate surface area is 179 Å². The molecule has 2 heterocycles. The quantitative estimate of drug-likeness (QED) is 0.325. The highest BCUT2D eigenvalue weighted by atomic mass is 16.7. The van der Waals surface area contributed by atoms with Crippen LogP contribution in [-0.4, -0.2) is 69.0 Å². The number of hydrogen-bond donors (Lipinski definition) is 6. The minimum absolute atomic E-state index is 0.0578. The second kappa shape index (κ2) is 8.20. The summed E-state index contributed by atoms with van der Waals surface area (Å²) in [7, 11) is 1.32. The Hall–Kier alpha value is -3.51. The number of benzene rings is 2. The average molecular weight is 448 g/mol. The van der Waals surface area contributed by atoms with Crippen molar-refractivity contribution in [1.29, 1.82) is 0 Å². The fourth-order valence-electron chi connectivity index (χ4n) is 3.38. The zero-order chi connectivity index (χ0) is 23.2. The van der Waals surface area contributed by atoms with Crippen molar-refractivity contribution in [3.8, 4) is 40.1 Å². The molecule has 32 heavy (non-hydrogen) atoms. The Morgan fingerprint density at radius 1 is 1.00 bits per heavy atom. The van der Waals surface area contributed by atoms with Crippen LogP contribution in [0.3, 0.4) is 0 Å². The van der Waals surface area contributed by atoms with Gasteiger partial charge in [0.25, 0.3) is 0 Å². The third kappa shape index (κ3) is 3.67. The van der Waals surface area contributed by atoms with Crippen molar-refractivity contribution in [2.75, 3.05) is 13.7 Å². The first-order valence-corrected chi connectivity index (χ1v) is 9.44. The van der Waals surface area contributed by atoms with Crippen LogP contribution in [0.4, 0.5) is 0 Å². The summed E-state index contributed by atoms with van der Waals surface area (Å²) in [5.41, 5.74) is -0.813. The van der Waals surface area contributed by atoms with Crippen LogP contribution < -0.4 is 14.9 Å². The lowest BCUT2D eigenvalue weighted by molar-refractivity contribution is -0.242. The van der Waals surface area contributed by atoms with E-state index >= 15 is 0 Å². The van der Waals surface area contributed by atoms with Gasteiger partial charge in [0.2, 0.25) is 17.5 Å². The number of phenolic OH excluding ortho intramolecular Hbond substituents is 3. The maximum Gasteiger partial charge on any atom is 0.239 e. The van der Waals surface area contributed by atoms with Gasteiger partial charge in [-0.2, -0.15) is 0 Å². The molecule has 3 aromatic rings. The molecule has 6 N–H and O–H groups in total. The summed E-state index contributed by atoms with van der Waals surface area (Å²) in [6.07, 6.45) is -6.20. The molecule has 1 aliphatic rings. The van der Waals surface area contributed by atoms with Crippen LogP contribution >= 0.6 is 0 Å². The lowest BCUT2D eigenvalue weighted by Gasteiger charge is -2.34. The van der Waals surface area contributed by atoms with E-state index in [1.54, 1.807) is 0 Å². The van der Waals surface area contributed by atoms with Crippen LogP contribution in [0.15, 0.2) is 39.5 Å². The van der Waals surface area contributed by atoms with Crippen LogP contribution in [0.2, 0.25) is 0 Å². The number of fused-ring (bicyclic) bond motifs is 1. The second-order valence-electron chi connectivity index (χ2n) is 7.18. The molecule has 4 atom stereocenters. The van der Waals surface area contributed by atoms with E-state index in [1.165, 1.54) is 25.3 Å². The van der Waals surface area contributed by atoms with E-state index < -0.39 is 41.5 Å². The molecule has 1 saturated heterocycles. The van der Waals surface area contributed by atoms with Gasteiger partial charge in [0.1, 0.15) is 40.8 Å². The first-order valence-electron chi connectivity index (χ1n) is 9.44. The van der Waals surface area contributed by atoms with Crippen molar-refractivity contribution in [3.05, 3.63) is 40.6 Å². The molecule has 1 fully saturated rings. The van der Waals surface area contributed by atoms with E-state index in [9.17, 15) is 35.4 Å². The molecule has 0 unspecified atom stereocenters. The number of aliphatic hydroxyl groups is 3. The van der Waals surface area contributed by atoms with Gasteiger partial charge < -0.3 is 49.3 Å². The van der Waals surface area contributed by atoms with Gasteiger partial charge in [0, 0.05) is 17.7 Å². The molecule has 0 radical (unpaired) electrons. The number of rotatable bonds is 4.